The Labute approximate surface area is 182 Å². The molecule has 1 aromatic carbocycles. The van der Waals surface area contributed by atoms with Crippen LogP contribution in [-0.2, 0) is 24.3 Å². The first kappa shape index (κ1) is 22.2. The van der Waals surface area contributed by atoms with Crippen LogP contribution in [0, 0.1) is 17.7 Å². The van der Waals surface area contributed by atoms with Crippen LogP contribution in [0.4, 0.5) is 4.39 Å². The summed E-state index contributed by atoms with van der Waals surface area (Å²) < 4.78 is 46.0. The summed E-state index contributed by atoms with van der Waals surface area (Å²) in [5.41, 5.74) is 0. The lowest BCUT2D eigenvalue weighted by Gasteiger charge is -2.38. The van der Waals surface area contributed by atoms with Crippen LogP contribution >= 0.6 is 0 Å². The minimum absolute atomic E-state index is 0.0607. The molecule has 0 aromatic heterocycles. The Bertz CT molecular complexity index is 945. The number of hydrogen-bond acceptors (Lipinski definition) is 5. The Morgan fingerprint density at radius 1 is 1.06 bits per heavy atom. The second-order valence-corrected chi connectivity index (χ2v) is 10.6. The van der Waals surface area contributed by atoms with Gasteiger partial charge in [-0.1, -0.05) is 25.0 Å². The molecule has 2 heterocycles. The normalized spacial score (nSPS) is 27.7. The maximum atomic E-state index is 14.0. The summed E-state index contributed by atoms with van der Waals surface area (Å²) in [6, 6.07) is 4.84. The number of ether oxygens (including phenoxy) is 1. The van der Waals surface area contributed by atoms with E-state index < -0.39 is 21.9 Å². The van der Waals surface area contributed by atoms with Crippen molar-refractivity contribution in [1.82, 2.24) is 9.21 Å². The van der Waals surface area contributed by atoms with Crippen LogP contribution in [0.15, 0.2) is 29.2 Å². The first-order valence-corrected chi connectivity index (χ1v) is 12.4. The topological polar surface area (TPSA) is 84.0 Å². The van der Waals surface area contributed by atoms with Crippen molar-refractivity contribution < 1.29 is 27.1 Å². The van der Waals surface area contributed by atoms with Gasteiger partial charge in [0.25, 0.3) is 0 Å². The molecule has 1 aliphatic carbocycles. The highest BCUT2D eigenvalue weighted by atomic mass is 32.2. The highest BCUT2D eigenvalue weighted by Crippen LogP contribution is 2.41. The van der Waals surface area contributed by atoms with Gasteiger partial charge in [-0.25, -0.2) is 17.6 Å². The summed E-state index contributed by atoms with van der Waals surface area (Å²) in [5, 5.41) is 0. The number of hydrogen-bond donors (Lipinski definition) is 0. The monoisotopic (exact) mass is 452 g/mol. The van der Waals surface area contributed by atoms with Gasteiger partial charge in [0, 0.05) is 25.0 Å². The van der Waals surface area contributed by atoms with Crippen molar-refractivity contribution in [2.24, 2.45) is 11.8 Å². The van der Waals surface area contributed by atoms with Crippen LogP contribution in [0.3, 0.4) is 0 Å². The van der Waals surface area contributed by atoms with E-state index in [1.165, 1.54) is 29.6 Å². The van der Waals surface area contributed by atoms with Gasteiger partial charge in [0.1, 0.15) is 16.8 Å². The van der Waals surface area contributed by atoms with Crippen molar-refractivity contribution in [3.05, 3.63) is 30.1 Å². The Morgan fingerprint density at radius 3 is 2.42 bits per heavy atom. The molecule has 3 fully saturated rings. The molecule has 31 heavy (non-hydrogen) atoms. The van der Waals surface area contributed by atoms with Crippen LogP contribution in [0.25, 0.3) is 0 Å². The van der Waals surface area contributed by atoms with Crippen LogP contribution in [0.1, 0.15) is 44.9 Å². The summed E-state index contributed by atoms with van der Waals surface area (Å²) in [4.78, 5) is 27.3. The fourth-order valence-corrected chi connectivity index (χ4v) is 7.01. The Balaban J connectivity index is 1.47. The van der Waals surface area contributed by atoms with Crippen LogP contribution in [0.2, 0.25) is 0 Å². The summed E-state index contributed by atoms with van der Waals surface area (Å²) in [6.45, 7) is 0.301. The molecular formula is C22H29FN2O5S. The lowest BCUT2D eigenvalue weighted by Crippen LogP contribution is -2.51. The van der Waals surface area contributed by atoms with Gasteiger partial charge < -0.3 is 9.64 Å². The fourth-order valence-electron chi connectivity index (χ4n) is 5.47. The number of likely N-dealkylation sites (tertiary alicyclic amines) is 1. The first-order chi connectivity index (χ1) is 14.8. The van der Waals surface area contributed by atoms with E-state index in [1.54, 1.807) is 4.90 Å². The molecule has 4 rings (SSSR count). The number of carbonyl (C=O) groups excluding carboxylic acids is 2. The Morgan fingerprint density at radius 2 is 1.74 bits per heavy atom. The number of nitrogens with zero attached hydrogens (tertiary/aromatic N) is 2. The maximum absolute atomic E-state index is 14.0. The Hall–Kier alpha value is -2.00. The van der Waals surface area contributed by atoms with E-state index in [9.17, 15) is 22.4 Å². The number of amides is 1. The number of methoxy groups -OCH3 is 1. The second-order valence-electron chi connectivity index (χ2n) is 8.74. The summed E-state index contributed by atoms with van der Waals surface area (Å²) in [5.74, 6) is -1.25. The zero-order valence-electron chi connectivity index (χ0n) is 17.7. The molecule has 2 aliphatic heterocycles. The van der Waals surface area contributed by atoms with Crippen LogP contribution in [0.5, 0.6) is 0 Å². The quantitative estimate of drug-likeness (QED) is 0.656. The summed E-state index contributed by atoms with van der Waals surface area (Å²) in [7, 11) is -2.60. The lowest BCUT2D eigenvalue weighted by molar-refractivity contribution is -0.154. The van der Waals surface area contributed by atoms with Crippen molar-refractivity contribution in [3.8, 4) is 0 Å². The van der Waals surface area contributed by atoms with Crippen molar-refractivity contribution in [3.63, 3.8) is 0 Å². The molecule has 3 aliphatic rings. The third-order valence-corrected chi connectivity index (χ3v) is 9.01. The largest absolute Gasteiger partial charge is 0.467 e. The first-order valence-electron chi connectivity index (χ1n) is 11.0. The van der Waals surface area contributed by atoms with Crippen LogP contribution < -0.4 is 0 Å². The molecule has 1 saturated carbocycles. The SMILES string of the molecule is COC(=O)[C@@H]1C[C@@H]2CCCC[C@H]2N1C(=O)C1CCN(S(=O)(=O)c2ccccc2F)CC1. The average molecular weight is 453 g/mol. The van der Waals surface area contributed by atoms with Gasteiger partial charge in [-0.2, -0.15) is 4.31 Å². The predicted octanol–water partition coefficient (Wildman–Crippen LogP) is 2.56. The molecule has 0 radical (unpaired) electrons. The van der Waals surface area contributed by atoms with Crippen molar-refractivity contribution in [2.75, 3.05) is 20.2 Å². The van der Waals surface area contributed by atoms with E-state index in [2.05, 4.69) is 0 Å². The van der Waals surface area contributed by atoms with Gasteiger partial charge in [0.15, 0.2) is 0 Å². The zero-order valence-corrected chi connectivity index (χ0v) is 18.5. The number of fused-ring (bicyclic) bond motifs is 1. The van der Waals surface area contributed by atoms with E-state index >= 15 is 0 Å². The molecule has 0 spiro atoms. The van der Waals surface area contributed by atoms with E-state index in [0.29, 0.717) is 25.2 Å². The number of halogens is 1. The maximum Gasteiger partial charge on any atom is 0.328 e. The zero-order chi connectivity index (χ0) is 22.2. The number of piperidine rings is 1. The van der Waals surface area contributed by atoms with E-state index in [4.69, 9.17) is 4.74 Å². The molecule has 170 valence electrons. The molecule has 1 aromatic rings. The van der Waals surface area contributed by atoms with Gasteiger partial charge in [-0.3, -0.25) is 4.79 Å². The molecule has 3 atom stereocenters. The van der Waals surface area contributed by atoms with Gasteiger partial charge in [0.2, 0.25) is 15.9 Å². The van der Waals surface area contributed by atoms with Gasteiger partial charge in [-0.05, 0) is 50.2 Å². The van der Waals surface area contributed by atoms with Crippen molar-refractivity contribution >= 4 is 21.9 Å². The average Bonchev–Trinajstić information content (AvgIpc) is 3.18. The highest BCUT2D eigenvalue weighted by Gasteiger charge is 2.49. The van der Waals surface area contributed by atoms with E-state index in [1.807, 2.05) is 0 Å². The van der Waals surface area contributed by atoms with Crippen molar-refractivity contribution in [2.45, 2.75) is 61.9 Å². The molecule has 0 unspecified atom stereocenters. The molecule has 0 N–H and O–H groups in total. The molecule has 2 saturated heterocycles. The summed E-state index contributed by atoms with van der Waals surface area (Å²) >= 11 is 0. The van der Waals surface area contributed by atoms with E-state index in [0.717, 1.165) is 31.7 Å². The number of benzene rings is 1. The van der Waals surface area contributed by atoms with Crippen molar-refractivity contribution in [1.29, 1.82) is 0 Å². The predicted molar refractivity (Wildman–Crippen MR) is 111 cm³/mol. The minimum Gasteiger partial charge on any atom is -0.467 e. The molecular weight excluding hydrogens is 423 g/mol. The number of rotatable bonds is 4. The van der Waals surface area contributed by atoms with Gasteiger partial charge >= 0.3 is 5.97 Å². The smallest absolute Gasteiger partial charge is 0.328 e. The molecule has 1 amide bonds. The van der Waals surface area contributed by atoms with Crippen LogP contribution in [-0.4, -0.2) is 61.8 Å². The number of sulfonamides is 1. The molecule has 7 nitrogen and oxygen atoms in total. The third kappa shape index (κ3) is 4.09. The van der Waals surface area contributed by atoms with Gasteiger partial charge in [-0.15, -0.1) is 0 Å². The molecule has 9 heteroatoms. The minimum atomic E-state index is -3.95. The lowest BCUT2D eigenvalue weighted by atomic mass is 9.84. The Kier molecular flexibility index (Phi) is 6.35. The second kappa shape index (κ2) is 8.86. The van der Waals surface area contributed by atoms with E-state index in [-0.39, 0.29) is 41.8 Å². The van der Waals surface area contributed by atoms with Gasteiger partial charge in [0.05, 0.1) is 7.11 Å². The number of carbonyl (C=O) groups is 2. The fraction of sp³-hybridized carbons (Fsp3) is 0.636. The molecule has 0 bridgehead atoms. The standard InChI is InChI=1S/C22H29FN2O5S/c1-30-22(27)19-14-16-6-2-4-8-18(16)25(19)21(26)15-10-12-24(13-11-15)31(28,29)20-9-5-3-7-17(20)23/h3,5,7,9,15-16,18-19H,2,4,6,8,10-14H2,1H3/t16-,18+,19-/m0/s1. The number of esters is 1. The summed E-state index contributed by atoms with van der Waals surface area (Å²) in [6.07, 6.45) is 5.42. The third-order valence-electron chi connectivity index (χ3n) is 7.07. The highest BCUT2D eigenvalue weighted by molar-refractivity contribution is 7.89.